The molecule has 2 amide bonds. The van der Waals surface area contributed by atoms with E-state index in [9.17, 15) is 39.8 Å². The first kappa shape index (κ1) is 49.9. The van der Waals surface area contributed by atoms with Crippen molar-refractivity contribution in [2.45, 2.75) is 22.2 Å². The van der Waals surface area contributed by atoms with E-state index in [1.807, 2.05) is 0 Å². The van der Waals surface area contributed by atoms with Gasteiger partial charge in [0.15, 0.2) is 23.8 Å². The Balaban J connectivity index is 1.09. The molecule has 2 aromatic heterocycles. The number of sulfonamides is 2. The number of nitrogens with one attached hydrogen (secondary N) is 2. The van der Waals surface area contributed by atoms with Crippen molar-refractivity contribution in [3.05, 3.63) is 201 Å². The molecular formula is C46H35Br2F2N8O9PS2. The van der Waals surface area contributed by atoms with Crippen LogP contribution in [0.5, 0.6) is 0 Å². The number of halogens is 4. The molecule has 2 unspecified atom stereocenters. The topological polar surface area (TPSA) is 250 Å². The van der Waals surface area contributed by atoms with Crippen LogP contribution in [0.25, 0.3) is 33.9 Å². The molecule has 2 atom stereocenters. The maximum Gasteiger partial charge on any atom is 0.323 e. The molecule has 2 heterocycles. The van der Waals surface area contributed by atoms with E-state index in [1.54, 1.807) is 60.7 Å². The normalized spacial score (nSPS) is 13.1. The number of rotatable bonds is 16. The van der Waals surface area contributed by atoms with E-state index >= 15 is 0 Å². The number of carbonyl (C=O) groups is 2. The Morgan fingerprint density at radius 3 is 1.24 bits per heavy atom. The van der Waals surface area contributed by atoms with Gasteiger partial charge in [-0.1, -0.05) is 80.4 Å². The van der Waals surface area contributed by atoms with E-state index in [0.717, 1.165) is 0 Å². The minimum absolute atomic E-state index is 0.180. The molecule has 0 bridgehead atoms. The van der Waals surface area contributed by atoms with Crippen LogP contribution in [0.15, 0.2) is 176 Å². The van der Waals surface area contributed by atoms with Crippen molar-refractivity contribution < 1.29 is 48.8 Å². The zero-order valence-corrected chi connectivity index (χ0v) is 41.4. The second-order valence-electron chi connectivity index (χ2n) is 15.0. The molecule has 6 N–H and O–H groups in total. The van der Waals surface area contributed by atoms with Crippen molar-refractivity contribution in [3.63, 3.8) is 0 Å². The average molecular weight is 1140 g/mol. The van der Waals surface area contributed by atoms with Gasteiger partial charge in [0.1, 0.15) is 11.6 Å². The number of aromatic nitrogens is 4. The molecule has 0 aliphatic carbocycles. The van der Waals surface area contributed by atoms with E-state index in [1.165, 1.54) is 106 Å². The molecule has 8 aromatic rings. The van der Waals surface area contributed by atoms with E-state index in [-0.39, 0.29) is 32.6 Å². The largest absolute Gasteiger partial charge is 0.323 e. The Bertz CT molecular complexity index is 3280. The van der Waals surface area contributed by atoms with Gasteiger partial charge in [0.05, 0.1) is 32.6 Å². The highest BCUT2D eigenvalue weighted by molar-refractivity contribution is 9.10. The average Bonchev–Trinajstić information content (AvgIpc) is 3.98. The molecule has 6 aromatic carbocycles. The van der Waals surface area contributed by atoms with Gasteiger partial charge in [-0.25, -0.2) is 45.3 Å². The van der Waals surface area contributed by atoms with E-state index in [2.05, 4.69) is 52.7 Å². The van der Waals surface area contributed by atoms with Crippen LogP contribution in [-0.2, 0) is 33.7 Å². The summed E-state index contributed by atoms with van der Waals surface area (Å²) < 4.78 is 107. The third-order valence-corrected chi connectivity index (χ3v) is 14.0. The monoisotopic (exact) mass is 1130 g/mol. The van der Waals surface area contributed by atoms with Gasteiger partial charge in [-0.15, -0.1) is 0 Å². The Morgan fingerprint density at radius 1 is 0.557 bits per heavy atom. The molecule has 0 spiro atoms. The number of nitrogens with zero attached hydrogens (tertiary/aromatic N) is 4. The van der Waals surface area contributed by atoms with Crippen molar-refractivity contribution in [1.82, 2.24) is 30.2 Å². The van der Waals surface area contributed by atoms with Gasteiger partial charge in [0.2, 0.25) is 20.0 Å². The fraction of sp³-hybridized carbons (Fsp3) is 0.0435. The van der Waals surface area contributed by atoms with Crippen LogP contribution < -0.4 is 20.9 Å². The minimum Gasteiger partial charge on any atom is -0.321 e. The predicted octanol–water partition coefficient (Wildman–Crippen LogP) is 8.47. The lowest BCUT2D eigenvalue weighted by Gasteiger charge is -2.23. The summed E-state index contributed by atoms with van der Waals surface area (Å²) in [6.07, 6.45) is -2.95. The van der Waals surface area contributed by atoms with Gasteiger partial charge < -0.3 is 10.6 Å². The third-order valence-electron chi connectivity index (χ3n) is 10.2. The zero-order chi connectivity index (χ0) is 49.9. The number of nitrogens with two attached hydrogens (primary N) is 2. The summed E-state index contributed by atoms with van der Waals surface area (Å²) in [5, 5.41) is 24.9. The molecule has 0 fully saturated rings. The molecule has 70 heavy (non-hydrogen) atoms. The summed E-state index contributed by atoms with van der Waals surface area (Å²) >= 11 is 6.76. The lowest BCUT2D eigenvalue weighted by molar-refractivity contribution is 0.0688. The van der Waals surface area contributed by atoms with Crippen LogP contribution in [-0.4, -0.2) is 48.2 Å². The van der Waals surface area contributed by atoms with E-state index in [0.29, 0.717) is 42.6 Å². The van der Waals surface area contributed by atoms with Crippen LogP contribution in [0, 0.1) is 11.6 Å². The van der Waals surface area contributed by atoms with Crippen molar-refractivity contribution in [2.24, 2.45) is 10.3 Å². The number of primary sulfonamides is 2. The molecule has 17 nitrogen and oxygen atoms in total. The number of hydrogen-bond acceptors (Lipinski definition) is 11. The molecular weight excluding hydrogens is 1100 g/mol. The lowest BCUT2D eigenvalue weighted by Crippen LogP contribution is -2.31. The van der Waals surface area contributed by atoms with Gasteiger partial charge in [0.25, 0.3) is 11.8 Å². The van der Waals surface area contributed by atoms with Crippen LogP contribution in [0.2, 0.25) is 0 Å². The van der Waals surface area contributed by atoms with Gasteiger partial charge in [-0.3, -0.25) is 23.2 Å². The molecule has 0 aliphatic rings. The predicted molar refractivity (Wildman–Crippen MR) is 261 cm³/mol. The summed E-state index contributed by atoms with van der Waals surface area (Å²) in [7, 11) is -11.8. The van der Waals surface area contributed by atoms with Crippen LogP contribution in [0.3, 0.4) is 0 Å². The summed E-state index contributed by atoms with van der Waals surface area (Å²) in [4.78, 5) is 27.9. The maximum atomic E-state index is 14.5. The van der Waals surface area contributed by atoms with Gasteiger partial charge in [0, 0.05) is 31.2 Å². The SMILES string of the molecule is NS(=O)(=O)c1ccc(-n2nc(C(=O)NC(O[PH](=O)OC(NC(=O)c3cc(-c4cccc(F)c4)n(-c4ccc(S(N)(=O)=O)cc4)n3)c3ccc(Br)cc3)c3ccc(Br)cc3)cc2-c2cccc(F)c2)cc1. The molecule has 24 heteroatoms. The quantitative estimate of drug-likeness (QED) is 0.0528. The highest BCUT2D eigenvalue weighted by Gasteiger charge is 2.28. The lowest BCUT2D eigenvalue weighted by atomic mass is 10.1. The Labute approximate surface area is 415 Å². The fourth-order valence-corrected chi connectivity index (χ4v) is 9.27. The second kappa shape index (κ2) is 20.8. The van der Waals surface area contributed by atoms with Crippen LogP contribution in [0.4, 0.5) is 8.78 Å². The molecule has 0 saturated carbocycles. The van der Waals surface area contributed by atoms with Crippen LogP contribution >= 0.6 is 40.1 Å². The molecule has 0 aliphatic heterocycles. The highest BCUT2D eigenvalue weighted by atomic mass is 79.9. The van der Waals surface area contributed by atoms with E-state index in [4.69, 9.17) is 19.3 Å². The Kier molecular flexibility index (Phi) is 14.8. The van der Waals surface area contributed by atoms with Crippen molar-refractivity contribution in [2.75, 3.05) is 0 Å². The highest BCUT2D eigenvalue weighted by Crippen LogP contribution is 2.38. The van der Waals surface area contributed by atoms with Crippen molar-refractivity contribution >= 4 is 72.0 Å². The van der Waals surface area contributed by atoms with E-state index < -0.39 is 64.2 Å². The first-order valence-corrected chi connectivity index (χ1v) is 26.2. The number of benzene rings is 6. The third kappa shape index (κ3) is 11.9. The number of hydrogen-bond donors (Lipinski definition) is 4. The Hall–Kier alpha value is -6.53. The summed E-state index contributed by atoms with van der Waals surface area (Å²) in [5.41, 5.74) is 1.90. The maximum absolute atomic E-state index is 14.5. The number of amides is 2. The van der Waals surface area contributed by atoms with Gasteiger partial charge >= 0.3 is 8.25 Å². The summed E-state index contributed by atoms with van der Waals surface area (Å²) in [6, 6.07) is 37.3. The summed E-state index contributed by atoms with van der Waals surface area (Å²) in [5.74, 6) is -2.85. The fourth-order valence-electron chi connectivity index (χ4n) is 6.88. The van der Waals surface area contributed by atoms with Crippen molar-refractivity contribution in [3.8, 4) is 33.9 Å². The summed E-state index contributed by atoms with van der Waals surface area (Å²) in [6.45, 7) is 0. The van der Waals surface area contributed by atoms with Crippen molar-refractivity contribution in [1.29, 1.82) is 0 Å². The van der Waals surface area contributed by atoms with Gasteiger partial charge in [-0.05, 0) is 109 Å². The minimum atomic E-state index is -4.05. The first-order chi connectivity index (χ1) is 33.3. The van der Waals surface area contributed by atoms with Gasteiger partial charge in [-0.2, -0.15) is 10.2 Å². The number of carbonyl (C=O) groups excluding carboxylic acids is 2. The Morgan fingerprint density at radius 2 is 0.914 bits per heavy atom. The first-order valence-electron chi connectivity index (χ1n) is 20.3. The second-order valence-corrected chi connectivity index (χ2v) is 21.0. The molecule has 358 valence electrons. The smallest absolute Gasteiger partial charge is 0.321 e. The molecule has 0 radical (unpaired) electrons. The molecule has 8 rings (SSSR count). The molecule has 0 saturated heterocycles. The standard InChI is InChI=1S/C46H35Br2F2N8O9PS2/c47-31-11-7-27(8-12-31)45(53-43(59)39-25-41(29-3-1-5-33(49)23-29)57(55-39)35-15-19-37(20-16-35)69(51,62)63)66-68(61)67-46(28-9-13-32(48)14-10-28)54-44(60)40-26-42(30-4-2-6-34(50)24-30)58(56-40)36-17-21-38(22-18-36)70(52,64)65/h1-26,45-46,68H,(H,53,59)(H,54,60)(H2,51,62,63)(H2,52,64,65). The van der Waals surface area contributed by atoms with Crippen LogP contribution in [0.1, 0.15) is 44.6 Å². The zero-order valence-electron chi connectivity index (χ0n) is 35.6.